The number of benzene rings is 3. The van der Waals surface area contributed by atoms with Crippen LogP contribution in [0.5, 0.6) is 5.75 Å². The van der Waals surface area contributed by atoms with E-state index in [1.165, 1.54) is 34.7 Å². The van der Waals surface area contributed by atoms with Gasteiger partial charge in [0.25, 0.3) is 5.97 Å². The van der Waals surface area contributed by atoms with Gasteiger partial charge in [0, 0.05) is 37.3 Å². The molecule has 3 atom stereocenters. The van der Waals surface area contributed by atoms with E-state index in [4.69, 9.17) is 29.6 Å². The van der Waals surface area contributed by atoms with Gasteiger partial charge in [-0.05, 0) is 138 Å². The van der Waals surface area contributed by atoms with Crippen molar-refractivity contribution >= 4 is 35.4 Å². The molecule has 16 heteroatoms. The zero-order valence-corrected chi connectivity index (χ0v) is 40.9. The number of nitrogens with zero attached hydrogens (tertiary/aromatic N) is 3. The molecule has 16 nitrogen and oxygen atoms in total. The molecular formula is C50H72N6O10. The van der Waals surface area contributed by atoms with Crippen LogP contribution < -0.4 is 20.7 Å². The number of nitrogens with one attached hydrogen (secondary N) is 3. The number of carboxylic acid groups (broad SMARTS) is 1. The number of aryl methyl sites for hydroxylation is 2. The summed E-state index contributed by atoms with van der Waals surface area (Å²) in [5, 5.41) is 18.8. The predicted octanol–water partition coefficient (Wildman–Crippen LogP) is 7.91. The van der Waals surface area contributed by atoms with Crippen LogP contribution in [0.4, 0.5) is 0 Å². The largest absolute Gasteiger partial charge is 0.489 e. The second kappa shape index (κ2) is 30.0. The number of hydrogen-bond donors (Lipinski definition) is 4. The van der Waals surface area contributed by atoms with Crippen LogP contribution in [0, 0.1) is 46.5 Å². The molecule has 0 saturated carbocycles. The lowest BCUT2D eigenvalue weighted by Gasteiger charge is -2.26. The van der Waals surface area contributed by atoms with Gasteiger partial charge in [-0.3, -0.25) is 24.0 Å². The molecule has 0 aliphatic heterocycles. The maximum Gasteiger partial charge on any atom is 0.308 e. The van der Waals surface area contributed by atoms with Crippen molar-refractivity contribution in [2.24, 2.45) is 17.0 Å². The van der Waals surface area contributed by atoms with Crippen molar-refractivity contribution in [1.82, 2.24) is 16.0 Å². The molecule has 3 amide bonds. The number of hydrogen-bond acceptors (Lipinski definition) is 10. The number of rotatable bonds is 22. The first-order valence-corrected chi connectivity index (χ1v) is 22.1. The van der Waals surface area contributed by atoms with Crippen molar-refractivity contribution in [3.05, 3.63) is 110 Å². The van der Waals surface area contributed by atoms with Crippen LogP contribution in [-0.2, 0) is 51.3 Å². The first-order valence-electron chi connectivity index (χ1n) is 22.1. The molecule has 66 heavy (non-hydrogen) atoms. The third-order valence-electron chi connectivity index (χ3n) is 10.0. The molecule has 0 fully saturated rings. The average Bonchev–Trinajstić information content (AvgIpc) is 3.23. The smallest absolute Gasteiger partial charge is 0.308 e. The number of carboxylic acids is 1. The van der Waals surface area contributed by atoms with Gasteiger partial charge in [0.2, 0.25) is 17.7 Å². The number of amides is 3. The monoisotopic (exact) mass is 917 g/mol. The van der Waals surface area contributed by atoms with Gasteiger partial charge in [0.15, 0.2) is 0 Å². The van der Waals surface area contributed by atoms with Gasteiger partial charge in [-0.1, -0.05) is 67.5 Å². The molecular weight excluding hydrogens is 845 g/mol. The van der Waals surface area contributed by atoms with Gasteiger partial charge in [0.05, 0.1) is 19.6 Å². The van der Waals surface area contributed by atoms with Crippen molar-refractivity contribution in [1.29, 1.82) is 0 Å². The Labute approximate surface area is 390 Å². The van der Waals surface area contributed by atoms with Crippen LogP contribution >= 0.6 is 0 Å². The molecule has 0 aliphatic rings. The summed E-state index contributed by atoms with van der Waals surface area (Å²) in [6.07, 6.45) is -0.0116. The maximum atomic E-state index is 13.7. The van der Waals surface area contributed by atoms with E-state index in [9.17, 15) is 24.0 Å². The highest BCUT2D eigenvalue weighted by molar-refractivity contribution is 5.95. The Morgan fingerprint density at radius 3 is 1.86 bits per heavy atom. The molecule has 3 aromatic rings. The highest BCUT2D eigenvalue weighted by atomic mass is 16.6. The van der Waals surface area contributed by atoms with Crippen molar-refractivity contribution in [2.45, 2.75) is 133 Å². The Kier molecular flexibility index (Phi) is 26.3. The fourth-order valence-electron chi connectivity index (χ4n) is 6.41. The summed E-state index contributed by atoms with van der Waals surface area (Å²) in [6, 6.07) is 16.9. The Balaban J connectivity index is 0.00000123. The summed E-state index contributed by atoms with van der Waals surface area (Å²) in [5.74, 6) is -3.64. The number of azide groups is 1. The predicted molar refractivity (Wildman–Crippen MR) is 255 cm³/mol. The molecule has 0 spiro atoms. The zero-order valence-electron chi connectivity index (χ0n) is 40.9. The van der Waals surface area contributed by atoms with Gasteiger partial charge in [-0.15, -0.1) is 0 Å². The molecule has 3 rings (SSSR count). The molecule has 3 aromatic carbocycles. The van der Waals surface area contributed by atoms with Gasteiger partial charge in [0.1, 0.15) is 35.8 Å². The van der Waals surface area contributed by atoms with E-state index in [0.717, 1.165) is 18.1 Å². The lowest BCUT2D eigenvalue weighted by molar-refractivity contribution is -0.156. The molecule has 0 unspecified atom stereocenters. The third-order valence-corrected chi connectivity index (χ3v) is 10.0. The number of ether oxygens (including phenoxy) is 3. The minimum atomic E-state index is -1.31. The van der Waals surface area contributed by atoms with Crippen LogP contribution in [0.25, 0.3) is 10.4 Å². The zero-order chi connectivity index (χ0) is 50.0. The van der Waals surface area contributed by atoms with Gasteiger partial charge in [-0.2, -0.15) is 0 Å². The second-order valence-electron chi connectivity index (χ2n) is 17.5. The average molecular weight is 917 g/mol. The minimum absolute atomic E-state index is 0.0311. The van der Waals surface area contributed by atoms with E-state index < -0.39 is 59.7 Å². The topological polar surface area (TPSA) is 235 Å². The molecule has 0 heterocycles. The highest BCUT2D eigenvalue weighted by Crippen LogP contribution is 2.21. The van der Waals surface area contributed by atoms with Crippen molar-refractivity contribution < 1.29 is 48.1 Å². The number of carbonyl (C=O) groups is 6. The van der Waals surface area contributed by atoms with Crippen molar-refractivity contribution in [2.75, 3.05) is 26.3 Å². The summed E-state index contributed by atoms with van der Waals surface area (Å²) in [6.45, 7) is 23.1. The Morgan fingerprint density at radius 1 is 0.758 bits per heavy atom. The van der Waals surface area contributed by atoms with E-state index >= 15 is 0 Å². The van der Waals surface area contributed by atoms with Crippen LogP contribution in [0.2, 0.25) is 0 Å². The summed E-state index contributed by atoms with van der Waals surface area (Å²) in [5.41, 5.74) is 16.5. The Morgan fingerprint density at radius 2 is 1.33 bits per heavy atom. The minimum Gasteiger partial charge on any atom is -0.489 e. The van der Waals surface area contributed by atoms with Gasteiger partial charge in [-0.25, -0.2) is 0 Å². The molecule has 0 radical (unpaired) electrons. The van der Waals surface area contributed by atoms with Crippen molar-refractivity contribution in [3.8, 4) is 5.75 Å². The number of carbonyl (C=O) groups excluding carboxylic acids is 5. The molecule has 0 aromatic heterocycles. The molecule has 0 aliphatic carbocycles. The quantitative estimate of drug-likeness (QED) is 0.0250. The van der Waals surface area contributed by atoms with Crippen LogP contribution in [0.1, 0.15) is 107 Å². The molecule has 362 valence electrons. The SMILES string of the molecule is CC(=O)C[C@@H](Cc1ccc(OCc2ccccc2)cc1)C(=O)N[C@H](CC(C)C)C(=O)N[C@@H](CC(=O)OC(C)(C)C)C(=O)NCCOCCN=[N+]=[N-].CC(=O)O.Cc1cc(C)c(C)c(C)c1C. The molecule has 0 bridgehead atoms. The number of ketones is 1. The lowest BCUT2D eigenvalue weighted by Crippen LogP contribution is -2.55. The van der Waals surface area contributed by atoms with Crippen molar-refractivity contribution in [3.63, 3.8) is 0 Å². The van der Waals surface area contributed by atoms with E-state index in [2.05, 4.69) is 66.7 Å². The first kappa shape index (κ1) is 57.8. The fourth-order valence-corrected chi connectivity index (χ4v) is 6.41. The van der Waals surface area contributed by atoms with Crippen LogP contribution in [-0.4, -0.2) is 84.5 Å². The van der Waals surface area contributed by atoms with E-state index in [1.54, 1.807) is 32.9 Å². The second-order valence-corrected chi connectivity index (χ2v) is 17.5. The third kappa shape index (κ3) is 24.7. The maximum absolute atomic E-state index is 13.7. The van der Waals surface area contributed by atoms with E-state index in [0.29, 0.717) is 12.4 Å². The number of Topliss-reactive ketones (excluding diaryl/α,β-unsaturated/α-hetero) is 1. The molecule has 4 N–H and O–H groups in total. The molecule has 0 saturated heterocycles. The first-order chi connectivity index (χ1) is 30.9. The standard InChI is InChI=1S/C37H52N6O8.C11H16.C2H4O2/c1-25(2)20-31(36(48)42-32(23-33(45)51-37(4,5)6)35(47)39-16-18-49-19-17-40-43-38)41-34(46)29(21-26(3)44)22-27-12-14-30(15-13-27)50-24-28-10-8-7-9-11-28;1-7-6-8(2)10(4)11(5)9(7)3;1-2(3)4/h7-15,25,29,31-32H,16-24H2,1-6H3,(H,39,47)(H,41,46)(H,42,48);6H,1-5H3;1H3,(H,3,4)/t29-,31+,32-;;/m0../s1. The summed E-state index contributed by atoms with van der Waals surface area (Å²) in [7, 11) is 0. The van der Waals surface area contributed by atoms with Crippen LogP contribution in [0.3, 0.4) is 0 Å². The van der Waals surface area contributed by atoms with Gasteiger partial charge < -0.3 is 40.1 Å². The van der Waals surface area contributed by atoms with E-state index in [-0.39, 0.29) is 57.3 Å². The Bertz CT molecular complexity index is 2050. The number of aliphatic carboxylic acids is 1. The van der Waals surface area contributed by atoms with E-state index in [1.807, 2.05) is 56.3 Å². The summed E-state index contributed by atoms with van der Waals surface area (Å²) < 4.78 is 16.6. The van der Waals surface area contributed by atoms with Gasteiger partial charge >= 0.3 is 5.97 Å². The Hall–Kier alpha value is -6.25. The normalized spacial score (nSPS) is 12.0. The summed E-state index contributed by atoms with van der Waals surface area (Å²) >= 11 is 0. The highest BCUT2D eigenvalue weighted by Gasteiger charge is 2.32. The van der Waals surface area contributed by atoms with Crippen LogP contribution in [0.15, 0.2) is 65.8 Å². The summed E-state index contributed by atoms with van der Waals surface area (Å²) in [4.78, 5) is 77.1. The number of esters is 1. The fraction of sp³-hybridized carbons (Fsp3) is 0.520. The lowest BCUT2D eigenvalue weighted by atomic mass is 9.92.